The number of hydrogen-bond donors (Lipinski definition) is 0. The van der Waals surface area contributed by atoms with Gasteiger partial charge in [0.15, 0.2) is 5.13 Å². The van der Waals surface area contributed by atoms with Gasteiger partial charge in [-0.3, -0.25) is 9.69 Å². The van der Waals surface area contributed by atoms with Crippen LogP contribution in [0.2, 0.25) is 0 Å². The molecule has 0 bridgehead atoms. The van der Waals surface area contributed by atoms with Crippen LogP contribution in [0.25, 0.3) is 10.2 Å². The monoisotopic (exact) mass is 574 g/mol. The number of aromatic nitrogens is 1. The van der Waals surface area contributed by atoms with Crippen LogP contribution < -0.4 is 4.90 Å². The van der Waals surface area contributed by atoms with Crippen LogP contribution in [0, 0.1) is 0 Å². The second kappa shape index (κ2) is 11.7. The number of sulfonamides is 1. The topological polar surface area (TPSA) is 73.8 Å². The predicted molar refractivity (Wildman–Crippen MR) is 141 cm³/mol. The summed E-state index contributed by atoms with van der Waals surface area (Å²) >= 11 is 4.93. The Bertz CT molecular complexity index is 1200. The summed E-state index contributed by atoms with van der Waals surface area (Å²) in [6.07, 6.45) is 0. The first-order valence-electron chi connectivity index (χ1n) is 10.3. The molecular formula is C22H28BrClN4O3S2. The molecule has 33 heavy (non-hydrogen) atoms. The number of fused-ring (bicyclic) bond motifs is 1. The lowest BCUT2D eigenvalue weighted by Crippen LogP contribution is -2.36. The van der Waals surface area contributed by atoms with Gasteiger partial charge >= 0.3 is 0 Å². The number of carbonyl (C=O) groups excluding carboxylic acids is 1. The first-order valence-corrected chi connectivity index (χ1v) is 13.3. The normalized spacial score (nSPS) is 11.7. The summed E-state index contributed by atoms with van der Waals surface area (Å²) in [4.78, 5) is 21.9. The van der Waals surface area contributed by atoms with Crippen molar-refractivity contribution in [1.82, 2.24) is 14.2 Å². The predicted octanol–water partition coefficient (Wildman–Crippen LogP) is 4.72. The summed E-state index contributed by atoms with van der Waals surface area (Å²) in [6, 6.07) is 12.0. The number of rotatable bonds is 9. The summed E-state index contributed by atoms with van der Waals surface area (Å²) in [5, 5.41) is 0.616. The number of benzene rings is 2. The van der Waals surface area contributed by atoms with E-state index in [4.69, 9.17) is 0 Å². The van der Waals surface area contributed by atoms with Gasteiger partial charge < -0.3 is 4.90 Å². The Morgan fingerprint density at radius 3 is 2.24 bits per heavy atom. The van der Waals surface area contributed by atoms with Crippen LogP contribution in [-0.2, 0) is 10.0 Å². The Kier molecular flexibility index (Phi) is 9.83. The average Bonchev–Trinajstić information content (AvgIpc) is 3.17. The number of likely N-dealkylation sites (N-methyl/N-ethyl adjacent to an activating group) is 1. The molecule has 3 aromatic rings. The smallest absolute Gasteiger partial charge is 0.260 e. The quantitative estimate of drug-likeness (QED) is 0.369. The third-order valence-corrected chi connectivity index (χ3v) is 8.63. The molecular weight excluding hydrogens is 548 g/mol. The first-order chi connectivity index (χ1) is 15.2. The SMILES string of the molecule is CCN(CC)S(=O)(=O)c1ccc(C(=O)N(CCN(C)C)c2nc3ccc(Br)cc3s2)cc1.Cl. The zero-order valence-electron chi connectivity index (χ0n) is 19.0. The van der Waals surface area contributed by atoms with Gasteiger partial charge in [-0.2, -0.15) is 4.31 Å². The highest BCUT2D eigenvalue weighted by atomic mass is 79.9. The molecule has 0 atom stereocenters. The molecule has 0 saturated carbocycles. The van der Waals surface area contributed by atoms with Gasteiger partial charge in [0.25, 0.3) is 5.91 Å². The van der Waals surface area contributed by atoms with Crippen molar-refractivity contribution in [2.24, 2.45) is 0 Å². The van der Waals surface area contributed by atoms with E-state index in [1.54, 1.807) is 30.9 Å². The minimum Gasteiger partial charge on any atom is -0.308 e. The van der Waals surface area contributed by atoms with Crippen LogP contribution >= 0.6 is 39.7 Å². The highest BCUT2D eigenvalue weighted by molar-refractivity contribution is 9.10. The number of amides is 1. The highest BCUT2D eigenvalue weighted by Gasteiger charge is 2.24. The van der Waals surface area contributed by atoms with Crippen LogP contribution in [0.5, 0.6) is 0 Å². The van der Waals surface area contributed by atoms with Gasteiger partial charge in [0, 0.05) is 36.2 Å². The van der Waals surface area contributed by atoms with Gasteiger partial charge in [-0.15, -0.1) is 12.4 Å². The molecule has 0 N–H and O–H groups in total. The molecule has 0 aliphatic carbocycles. The molecule has 0 unspecified atom stereocenters. The standard InChI is InChI=1S/C22H27BrN4O3S2.ClH/c1-5-26(6-2)32(29,30)18-10-7-16(8-11-18)21(28)27(14-13-25(3)4)22-24-19-12-9-17(23)15-20(19)31-22;/h7-12,15H,5-6,13-14H2,1-4H3;1H. The fourth-order valence-electron chi connectivity index (χ4n) is 3.22. The molecule has 0 aliphatic rings. The third-order valence-electron chi connectivity index (χ3n) is 5.03. The maximum Gasteiger partial charge on any atom is 0.260 e. The van der Waals surface area contributed by atoms with Gasteiger partial charge in [0.05, 0.1) is 15.1 Å². The number of anilines is 1. The van der Waals surface area contributed by atoms with E-state index in [2.05, 4.69) is 20.9 Å². The van der Waals surface area contributed by atoms with Gasteiger partial charge in [0.2, 0.25) is 10.0 Å². The Morgan fingerprint density at radius 1 is 1.03 bits per heavy atom. The second-order valence-corrected chi connectivity index (χ2v) is 11.3. The van der Waals surface area contributed by atoms with Crippen molar-refractivity contribution in [1.29, 1.82) is 0 Å². The Morgan fingerprint density at radius 2 is 1.67 bits per heavy atom. The van der Waals surface area contributed by atoms with E-state index in [9.17, 15) is 13.2 Å². The van der Waals surface area contributed by atoms with E-state index < -0.39 is 10.0 Å². The number of hydrogen-bond acceptors (Lipinski definition) is 6. The number of nitrogens with zero attached hydrogens (tertiary/aromatic N) is 4. The number of halogens is 2. The minimum atomic E-state index is -3.57. The molecule has 0 saturated heterocycles. The number of carbonyl (C=O) groups is 1. The van der Waals surface area contributed by atoms with E-state index in [-0.39, 0.29) is 23.2 Å². The maximum atomic E-state index is 13.4. The van der Waals surface area contributed by atoms with Gasteiger partial charge in [-0.25, -0.2) is 13.4 Å². The Balaban J connectivity index is 0.00000385. The van der Waals surface area contributed by atoms with Gasteiger partial charge in [-0.1, -0.05) is 41.1 Å². The fraction of sp³-hybridized carbons (Fsp3) is 0.364. The van der Waals surface area contributed by atoms with Crippen molar-refractivity contribution in [3.05, 3.63) is 52.5 Å². The van der Waals surface area contributed by atoms with Crippen molar-refractivity contribution in [3.8, 4) is 0 Å². The van der Waals surface area contributed by atoms with Crippen LogP contribution in [0.3, 0.4) is 0 Å². The minimum absolute atomic E-state index is 0. The van der Waals surface area contributed by atoms with Gasteiger partial charge in [-0.05, 0) is 56.6 Å². The van der Waals surface area contributed by atoms with Crippen molar-refractivity contribution >= 4 is 71.0 Å². The van der Waals surface area contributed by atoms with Crippen molar-refractivity contribution in [2.75, 3.05) is 45.2 Å². The van der Waals surface area contributed by atoms with E-state index >= 15 is 0 Å². The van der Waals surface area contributed by atoms with Crippen molar-refractivity contribution in [3.63, 3.8) is 0 Å². The molecule has 1 amide bonds. The molecule has 0 radical (unpaired) electrons. The van der Waals surface area contributed by atoms with Gasteiger partial charge in [0.1, 0.15) is 0 Å². The van der Waals surface area contributed by atoms with Crippen LogP contribution in [0.4, 0.5) is 5.13 Å². The van der Waals surface area contributed by atoms with Crippen LogP contribution in [-0.4, -0.2) is 68.8 Å². The maximum absolute atomic E-state index is 13.4. The molecule has 0 aliphatic heterocycles. The molecule has 7 nitrogen and oxygen atoms in total. The number of thiazole rings is 1. The molecule has 0 fully saturated rings. The average molecular weight is 576 g/mol. The summed E-state index contributed by atoms with van der Waals surface area (Å²) in [7, 11) is 0.327. The molecule has 180 valence electrons. The van der Waals surface area contributed by atoms with E-state index in [0.29, 0.717) is 36.9 Å². The van der Waals surface area contributed by atoms with Crippen LogP contribution in [0.1, 0.15) is 24.2 Å². The van der Waals surface area contributed by atoms with E-state index in [0.717, 1.165) is 14.7 Å². The zero-order chi connectivity index (χ0) is 23.5. The summed E-state index contributed by atoms with van der Waals surface area (Å²) in [5.74, 6) is -0.211. The zero-order valence-corrected chi connectivity index (χ0v) is 23.0. The summed E-state index contributed by atoms with van der Waals surface area (Å²) < 4.78 is 28.8. The Labute approximate surface area is 214 Å². The largest absolute Gasteiger partial charge is 0.308 e. The van der Waals surface area contributed by atoms with Crippen molar-refractivity contribution < 1.29 is 13.2 Å². The van der Waals surface area contributed by atoms with E-state index in [1.807, 2.05) is 37.2 Å². The second-order valence-electron chi connectivity index (χ2n) is 7.48. The lowest BCUT2D eigenvalue weighted by molar-refractivity contribution is 0.0985. The summed E-state index contributed by atoms with van der Waals surface area (Å²) in [6.45, 7) is 5.53. The fourth-order valence-corrected chi connectivity index (χ4v) is 6.22. The first kappa shape index (κ1) is 27.7. The molecule has 1 heterocycles. The molecule has 2 aromatic carbocycles. The summed E-state index contributed by atoms with van der Waals surface area (Å²) in [5.41, 5.74) is 1.25. The lowest BCUT2D eigenvalue weighted by atomic mass is 10.2. The van der Waals surface area contributed by atoms with E-state index in [1.165, 1.54) is 27.8 Å². The molecule has 1 aromatic heterocycles. The molecule has 0 spiro atoms. The third kappa shape index (κ3) is 6.32. The molecule has 11 heteroatoms. The van der Waals surface area contributed by atoms with Crippen LogP contribution in [0.15, 0.2) is 51.8 Å². The molecule has 3 rings (SSSR count). The lowest BCUT2D eigenvalue weighted by Gasteiger charge is -2.22. The Hall–Kier alpha value is -1.56. The van der Waals surface area contributed by atoms with Crippen molar-refractivity contribution in [2.45, 2.75) is 18.7 Å². The highest BCUT2D eigenvalue weighted by Crippen LogP contribution is 2.31.